The van der Waals surface area contributed by atoms with Crippen LogP contribution in [0.1, 0.15) is 38.5 Å². The highest BCUT2D eigenvalue weighted by Crippen LogP contribution is 2.38. The summed E-state index contributed by atoms with van der Waals surface area (Å²) >= 11 is 0. The largest absolute Gasteiger partial charge is 0.449 e. The fourth-order valence-electron chi connectivity index (χ4n) is 3.15. The van der Waals surface area contributed by atoms with Gasteiger partial charge in [-0.1, -0.05) is 24.6 Å². The second kappa shape index (κ2) is 5.51. The molecule has 2 fully saturated rings. The fourth-order valence-corrected chi connectivity index (χ4v) is 3.15. The third-order valence-electron chi connectivity index (χ3n) is 4.43. The average Bonchev–Trinajstić information content (AvgIpc) is 2.40. The lowest BCUT2D eigenvalue weighted by atomic mass is 9.89. The van der Waals surface area contributed by atoms with E-state index in [1.165, 1.54) is 32.1 Å². The molecule has 0 bridgehead atoms. The molecule has 0 spiro atoms. The minimum Gasteiger partial charge on any atom is -0.449 e. The first kappa shape index (κ1) is 12.9. The van der Waals surface area contributed by atoms with E-state index in [1.807, 2.05) is 30.3 Å². The Bertz CT molecular complexity index is 404. The molecule has 3 nitrogen and oxygen atoms in total. The van der Waals surface area contributed by atoms with Crippen molar-refractivity contribution in [2.75, 3.05) is 13.7 Å². The van der Waals surface area contributed by atoms with E-state index >= 15 is 0 Å². The summed E-state index contributed by atoms with van der Waals surface area (Å²) < 4.78 is 12.1. The number of rotatable bonds is 4. The van der Waals surface area contributed by atoms with E-state index in [2.05, 4.69) is 4.90 Å². The number of para-hydroxylation sites is 1. The van der Waals surface area contributed by atoms with Gasteiger partial charge in [0.25, 0.3) is 5.91 Å². The third-order valence-corrected chi connectivity index (χ3v) is 4.43. The van der Waals surface area contributed by atoms with Gasteiger partial charge in [-0.25, -0.2) is 4.90 Å². The van der Waals surface area contributed by atoms with Gasteiger partial charge in [0.05, 0.1) is 0 Å². The quantitative estimate of drug-likeness (QED) is 0.775. The molecule has 0 radical (unpaired) electrons. The predicted molar refractivity (Wildman–Crippen MR) is 75.0 cm³/mol. The number of ether oxygens (including phenoxy) is 2. The van der Waals surface area contributed by atoms with E-state index in [-0.39, 0.29) is 0 Å². The Morgan fingerprint density at radius 1 is 1.11 bits per heavy atom. The third kappa shape index (κ3) is 2.49. The van der Waals surface area contributed by atoms with E-state index in [4.69, 9.17) is 9.47 Å². The topological polar surface area (TPSA) is 21.7 Å². The van der Waals surface area contributed by atoms with Gasteiger partial charge in [0.2, 0.25) is 0 Å². The Morgan fingerprint density at radius 3 is 2.53 bits per heavy atom. The molecule has 1 saturated heterocycles. The van der Waals surface area contributed by atoms with Gasteiger partial charge in [-0.3, -0.25) is 0 Å². The van der Waals surface area contributed by atoms with Crippen molar-refractivity contribution in [2.45, 2.75) is 50.5 Å². The monoisotopic (exact) mass is 261 g/mol. The zero-order chi connectivity index (χ0) is 13.1. The summed E-state index contributed by atoms with van der Waals surface area (Å²) in [5.74, 6) is 0.348. The second-order valence-electron chi connectivity index (χ2n) is 5.57. The minimum absolute atomic E-state index is 0.551. The molecule has 3 heteroatoms. The van der Waals surface area contributed by atoms with Gasteiger partial charge in [-0.2, -0.15) is 0 Å². The van der Waals surface area contributed by atoms with Crippen LogP contribution in [-0.4, -0.2) is 30.5 Å². The van der Waals surface area contributed by atoms with Crippen LogP contribution in [0.3, 0.4) is 0 Å². The van der Waals surface area contributed by atoms with Crippen LogP contribution in [0.25, 0.3) is 0 Å². The standard InChI is InChI=1S/C16H23NO2/c1-18-16(19-15-10-3-2-4-11-15)12-5-6-13-17(16)14-8-7-9-14/h2-4,10-11,14H,5-9,12-13H2,1H3. The van der Waals surface area contributed by atoms with Crippen LogP contribution in [0, 0.1) is 0 Å². The molecular formula is C16H23NO2. The molecule has 1 atom stereocenters. The maximum absolute atomic E-state index is 6.27. The Balaban J connectivity index is 1.81. The lowest BCUT2D eigenvalue weighted by Gasteiger charge is -2.51. The van der Waals surface area contributed by atoms with Crippen molar-refractivity contribution < 1.29 is 9.47 Å². The van der Waals surface area contributed by atoms with Gasteiger partial charge in [-0.15, -0.1) is 0 Å². The summed E-state index contributed by atoms with van der Waals surface area (Å²) in [5.41, 5.74) is 0. The van der Waals surface area contributed by atoms with Crippen LogP contribution >= 0.6 is 0 Å². The van der Waals surface area contributed by atoms with Crippen molar-refractivity contribution in [1.29, 1.82) is 0 Å². The molecule has 0 aromatic heterocycles. The second-order valence-corrected chi connectivity index (χ2v) is 5.57. The first-order valence-electron chi connectivity index (χ1n) is 7.40. The summed E-state index contributed by atoms with van der Waals surface area (Å²) in [6.45, 7) is 1.09. The van der Waals surface area contributed by atoms with Gasteiger partial charge >= 0.3 is 0 Å². The smallest absolute Gasteiger partial charge is 0.272 e. The molecule has 1 aromatic rings. The Labute approximate surface area is 115 Å². The van der Waals surface area contributed by atoms with Crippen LogP contribution in [0.4, 0.5) is 0 Å². The molecule has 1 aliphatic heterocycles. The Hall–Kier alpha value is -1.06. The van der Waals surface area contributed by atoms with E-state index in [0.29, 0.717) is 6.04 Å². The van der Waals surface area contributed by atoms with E-state index < -0.39 is 5.91 Å². The van der Waals surface area contributed by atoms with Crippen molar-refractivity contribution in [3.63, 3.8) is 0 Å². The van der Waals surface area contributed by atoms with Crippen LogP contribution in [0.15, 0.2) is 30.3 Å². The zero-order valence-corrected chi connectivity index (χ0v) is 11.7. The number of hydrogen-bond acceptors (Lipinski definition) is 3. The van der Waals surface area contributed by atoms with Crippen LogP contribution in [0.5, 0.6) is 5.75 Å². The number of benzene rings is 1. The first-order chi connectivity index (χ1) is 9.34. The Kier molecular flexibility index (Phi) is 3.76. The molecule has 2 aliphatic rings. The van der Waals surface area contributed by atoms with Crippen LogP contribution in [0.2, 0.25) is 0 Å². The number of likely N-dealkylation sites (tertiary alicyclic amines) is 1. The molecule has 1 aromatic carbocycles. The van der Waals surface area contributed by atoms with Gasteiger partial charge in [0.1, 0.15) is 5.75 Å². The summed E-state index contributed by atoms with van der Waals surface area (Å²) in [7, 11) is 1.78. The molecule has 1 heterocycles. The minimum atomic E-state index is -0.551. The van der Waals surface area contributed by atoms with Crippen molar-refractivity contribution in [1.82, 2.24) is 4.90 Å². The summed E-state index contributed by atoms with van der Waals surface area (Å²) in [6, 6.07) is 10.7. The lowest BCUT2D eigenvalue weighted by Crippen LogP contribution is -2.62. The average molecular weight is 261 g/mol. The molecule has 3 rings (SSSR count). The predicted octanol–water partition coefficient (Wildman–Crippen LogP) is 3.40. The van der Waals surface area contributed by atoms with Crippen LogP contribution in [-0.2, 0) is 4.74 Å². The normalized spacial score (nSPS) is 28.9. The van der Waals surface area contributed by atoms with Gasteiger partial charge in [0, 0.05) is 26.1 Å². The number of hydrogen-bond donors (Lipinski definition) is 0. The van der Waals surface area contributed by atoms with Gasteiger partial charge < -0.3 is 9.47 Å². The lowest BCUT2D eigenvalue weighted by molar-refractivity contribution is -0.292. The number of nitrogens with zero attached hydrogens (tertiary/aromatic N) is 1. The molecule has 104 valence electrons. The summed E-state index contributed by atoms with van der Waals surface area (Å²) in [4.78, 5) is 2.45. The molecule has 19 heavy (non-hydrogen) atoms. The molecule has 1 unspecified atom stereocenters. The van der Waals surface area contributed by atoms with E-state index in [9.17, 15) is 0 Å². The Morgan fingerprint density at radius 2 is 1.89 bits per heavy atom. The maximum atomic E-state index is 6.27. The maximum Gasteiger partial charge on any atom is 0.272 e. The van der Waals surface area contributed by atoms with Gasteiger partial charge in [0.15, 0.2) is 0 Å². The van der Waals surface area contributed by atoms with Crippen molar-refractivity contribution >= 4 is 0 Å². The van der Waals surface area contributed by atoms with Crippen molar-refractivity contribution in [3.8, 4) is 5.75 Å². The first-order valence-corrected chi connectivity index (χ1v) is 7.40. The highest BCUT2D eigenvalue weighted by Gasteiger charge is 2.46. The summed E-state index contributed by atoms with van der Waals surface area (Å²) in [6.07, 6.45) is 7.28. The highest BCUT2D eigenvalue weighted by atomic mass is 16.7. The number of methoxy groups -OCH3 is 1. The molecule has 1 aliphatic carbocycles. The summed E-state index contributed by atoms with van der Waals surface area (Å²) in [5, 5.41) is 0. The van der Waals surface area contributed by atoms with Crippen molar-refractivity contribution in [2.24, 2.45) is 0 Å². The SMILES string of the molecule is COC1(Oc2ccccc2)CCCCN1C1CCC1. The van der Waals surface area contributed by atoms with E-state index in [0.717, 1.165) is 18.7 Å². The highest BCUT2D eigenvalue weighted by molar-refractivity contribution is 5.21. The molecule has 0 N–H and O–H groups in total. The fraction of sp³-hybridized carbons (Fsp3) is 0.625. The van der Waals surface area contributed by atoms with Crippen LogP contribution < -0.4 is 4.74 Å². The van der Waals surface area contributed by atoms with Crippen molar-refractivity contribution in [3.05, 3.63) is 30.3 Å². The van der Waals surface area contributed by atoms with Gasteiger partial charge in [-0.05, 0) is 37.8 Å². The number of piperidine rings is 1. The van der Waals surface area contributed by atoms with E-state index in [1.54, 1.807) is 7.11 Å². The molecule has 1 saturated carbocycles. The zero-order valence-electron chi connectivity index (χ0n) is 11.7. The molecular weight excluding hydrogens is 238 g/mol. The molecule has 0 amide bonds.